The van der Waals surface area contributed by atoms with E-state index in [2.05, 4.69) is 21.2 Å². The quantitative estimate of drug-likeness (QED) is 0.845. The Bertz CT molecular complexity index is 540. The highest BCUT2D eigenvalue weighted by Crippen LogP contribution is 2.24. The highest BCUT2D eigenvalue weighted by atomic mass is 79.9. The summed E-state index contributed by atoms with van der Waals surface area (Å²) in [5.41, 5.74) is 0.721. The summed E-state index contributed by atoms with van der Waals surface area (Å²) in [7, 11) is -2.37. The van der Waals surface area contributed by atoms with E-state index in [4.69, 9.17) is 5.14 Å². The minimum absolute atomic E-state index is 0.0551. The number of primary sulfonamides is 1. The fourth-order valence-electron chi connectivity index (χ4n) is 1.22. The summed E-state index contributed by atoms with van der Waals surface area (Å²) in [6.45, 7) is 1.61. The lowest BCUT2D eigenvalue weighted by molar-refractivity contribution is 0.0963. The van der Waals surface area contributed by atoms with Gasteiger partial charge in [-0.2, -0.15) is 0 Å². The monoisotopic (exact) mass is 306 g/mol. The molecule has 5 nitrogen and oxygen atoms in total. The van der Waals surface area contributed by atoms with Crippen LogP contribution in [0.5, 0.6) is 0 Å². The van der Waals surface area contributed by atoms with E-state index >= 15 is 0 Å². The van der Waals surface area contributed by atoms with Crippen molar-refractivity contribution in [2.75, 3.05) is 7.05 Å². The summed E-state index contributed by atoms with van der Waals surface area (Å²) in [6.07, 6.45) is 0. The Kier molecular flexibility index (Phi) is 3.72. The smallest absolute Gasteiger partial charge is 0.251 e. The zero-order valence-electron chi connectivity index (χ0n) is 8.74. The molecule has 0 unspecified atom stereocenters. The van der Waals surface area contributed by atoms with E-state index in [1.54, 1.807) is 13.0 Å². The molecule has 0 fully saturated rings. The Labute approximate surface area is 102 Å². The molecule has 0 aliphatic carbocycles. The first-order chi connectivity index (χ1) is 7.27. The maximum atomic E-state index is 11.4. The summed E-state index contributed by atoms with van der Waals surface area (Å²) in [5, 5.41) is 7.47. The molecule has 0 spiro atoms. The molecule has 0 saturated carbocycles. The number of halogens is 1. The molecule has 0 atom stereocenters. The molecule has 1 aromatic carbocycles. The van der Waals surface area contributed by atoms with E-state index < -0.39 is 10.0 Å². The van der Waals surface area contributed by atoms with Crippen molar-refractivity contribution < 1.29 is 13.2 Å². The number of hydrogen-bond acceptors (Lipinski definition) is 3. The van der Waals surface area contributed by atoms with Gasteiger partial charge in [0.2, 0.25) is 10.0 Å². The standard InChI is InChI=1S/C9H11BrN2O3S/c1-5-7(10)3-6(9(13)12-2)4-8(5)16(11,14)15/h3-4H,1-2H3,(H,12,13)(H2,11,14,15). The number of amides is 1. The highest BCUT2D eigenvalue weighted by Gasteiger charge is 2.17. The molecular weight excluding hydrogens is 296 g/mol. The van der Waals surface area contributed by atoms with Gasteiger partial charge in [0.05, 0.1) is 4.90 Å². The maximum absolute atomic E-state index is 11.4. The van der Waals surface area contributed by atoms with Crippen molar-refractivity contribution in [1.29, 1.82) is 0 Å². The number of rotatable bonds is 2. The molecular formula is C9H11BrN2O3S. The van der Waals surface area contributed by atoms with Crippen LogP contribution < -0.4 is 10.5 Å². The number of nitrogens with one attached hydrogen (secondary N) is 1. The topological polar surface area (TPSA) is 89.3 Å². The molecule has 88 valence electrons. The van der Waals surface area contributed by atoms with Gasteiger partial charge in [-0.3, -0.25) is 4.79 Å². The second-order valence-electron chi connectivity index (χ2n) is 3.21. The summed E-state index contributed by atoms with van der Waals surface area (Å²) in [4.78, 5) is 11.3. The Morgan fingerprint density at radius 1 is 1.44 bits per heavy atom. The second-order valence-corrected chi connectivity index (χ2v) is 5.59. The maximum Gasteiger partial charge on any atom is 0.251 e. The highest BCUT2D eigenvalue weighted by molar-refractivity contribution is 9.10. The molecule has 0 bridgehead atoms. The molecule has 0 aliphatic heterocycles. The lowest BCUT2D eigenvalue weighted by atomic mass is 10.1. The molecule has 0 radical (unpaired) electrons. The number of sulfonamides is 1. The van der Waals surface area contributed by atoms with Gasteiger partial charge in [0.15, 0.2) is 0 Å². The van der Waals surface area contributed by atoms with Gasteiger partial charge in [0.1, 0.15) is 0 Å². The van der Waals surface area contributed by atoms with E-state index in [1.165, 1.54) is 13.1 Å². The Hall–Kier alpha value is -0.920. The zero-order chi connectivity index (χ0) is 12.5. The van der Waals surface area contributed by atoms with E-state index in [9.17, 15) is 13.2 Å². The van der Waals surface area contributed by atoms with E-state index in [-0.39, 0.29) is 16.4 Å². The first-order valence-corrected chi connectivity index (χ1v) is 6.66. The molecule has 16 heavy (non-hydrogen) atoms. The van der Waals surface area contributed by atoms with Gasteiger partial charge in [-0.15, -0.1) is 0 Å². The summed E-state index contributed by atoms with van der Waals surface area (Å²) >= 11 is 3.19. The number of nitrogens with two attached hydrogens (primary N) is 1. The third-order valence-electron chi connectivity index (χ3n) is 2.09. The fourth-order valence-corrected chi connectivity index (χ4v) is 2.64. The van der Waals surface area contributed by atoms with E-state index in [0.29, 0.717) is 10.0 Å². The average molecular weight is 307 g/mol. The van der Waals surface area contributed by atoms with E-state index in [0.717, 1.165) is 0 Å². The molecule has 0 aromatic heterocycles. The summed E-state index contributed by atoms with van der Waals surface area (Å²) < 4.78 is 23.1. The Morgan fingerprint density at radius 3 is 2.44 bits per heavy atom. The Morgan fingerprint density at radius 2 is 2.00 bits per heavy atom. The van der Waals surface area contributed by atoms with Crippen LogP contribution in [-0.2, 0) is 10.0 Å². The van der Waals surface area contributed by atoms with Crippen LogP contribution >= 0.6 is 15.9 Å². The molecule has 0 heterocycles. The minimum Gasteiger partial charge on any atom is -0.355 e. The van der Waals surface area contributed by atoms with Crippen molar-refractivity contribution in [3.63, 3.8) is 0 Å². The molecule has 3 N–H and O–H groups in total. The lowest BCUT2D eigenvalue weighted by Crippen LogP contribution is -2.20. The van der Waals surface area contributed by atoms with Crippen LogP contribution in [0.2, 0.25) is 0 Å². The Balaban J connectivity index is 3.52. The molecule has 0 saturated heterocycles. The second kappa shape index (κ2) is 4.52. The molecule has 1 rings (SSSR count). The van der Waals surface area contributed by atoms with Crippen LogP contribution in [0.4, 0.5) is 0 Å². The molecule has 1 aromatic rings. The summed E-state index contributed by atoms with van der Waals surface area (Å²) in [5.74, 6) is -0.370. The number of carbonyl (C=O) groups excluding carboxylic acids is 1. The van der Waals surface area contributed by atoms with Crippen molar-refractivity contribution >= 4 is 31.9 Å². The van der Waals surface area contributed by atoms with Gasteiger partial charge in [0.25, 0.3) is 5.91 Å². The number of hydrogen-bond donors (Lipinski definition) is 2. The van der Waals surface area contributed by atoms with Gasteiger partial charge in [-0.25, -0.2) is 13.6 Å². The molecule has 7 heteroatoms. The predicted octanol–water partition coefficient (Wildman–Crippen LogP) is 0.765. The SMILES string of the molecule is CNC(=O)c1cc(Br)c(C)c(S(N)(=O)=O)c1. The van der Waals surface area contributed by atoms with Crippen molar-refractivity contribution in [3.05, 3.63) is 27.7 Å². The normalized spacial score (nSPS) is 11.2. The van der Waals surface area contributed by atoms with Gasteiger partial charge < -0.3 is 5.32 Å². The van der Waals surface area contributed by atoms with Crippen LogP contribution in [0.1, 0.15) is 15.9 Å². The van der Waals surface area contributed by atoms with Crippen LogP contribution in [0.3, 0.4) is 0 Å². The van der Waals surface area contributed by atoms with E-state index in [1.807, 2.05) is 0 Å². The predicted molar refractivity (Wildman–Crippen MR) is 63.6 cm³/mol. The van der Waals surface area contributed by atoms with Crippen molar-refractivity contribution in [2.45, 2.75) is 11.8 Å². The lowest BCUT2D eigenvalue weighted by Gasteiger charge is -2.08. The third-order valence-corrected chi connectivity index (χ3v) is 3.95. The minimum atomic E-state index is -3.83. The number of benzene rings is 1. The third kappa shape index (κ3) is 2.60. The van der Waals surface area contributed by atoms with Gasteiger partial charge in [-0.05, 0) is 24.6 Å². The van der Waals surface area contributed by atoms with Crippen molar-refractivity contribution in [3.8, 4) is 0 Å². The van der Waals surface area contributed by atoms with Crippen molar-refractivity contribution in [2.24, 2.45) is 5.14 Å². The van der Waals surface area contributed by atoms with Gasteiger partial charge in [-0.1, -0.05) is 15.9 Å². The van der Waals surface area contributed by atoms with Crippen LogP contribution in [-0.4, -0.2) is 21.4 Å². The first-order valence-electron chi connectivity index (χ1n) is 4.32. The zero-order valence-corrected chi connectivity index (χ0v) is 11.1. The summed E-state index contributed by atoms with van der Waals surface area (Å²) in [6, 6.07) is 2.80. The molecule has 1 amide bonds. The van der Waals surface area contributed by atoms with Gasteiger partial charge in [0, 0.05) is 17.1 Å². The van der Waals surface area contributed by atoms with Crippen LogP contribution in [0.25, 0.3) is 0 Å². The fraction of sp³-hybridized carbons (Fsp3) is 0.222. The van der Waals surface area contributed by atoms with Crippen LogP contribution in [0, 0.1) is 6.92 Å². The first kappa shape index (κ1) is 13.1. The number of carbonyl (C=O) groups is 1. The van der Waals surface area contributed by atoms with Crippen LogP contribution in [0.15, 0.2) is 21.5 Å². The van der Waals surface area contributed by atoms with Gasteiger partial charge >= 0.3 is 0 Å². The van der Waals surface area contributed by atoms with Crippen molar-refractivity contribution in [1.82, 2.24) is 5.32 Å². The largest absolute Gasteiger partial charge is 0.355 e. The molecule has 0 aliphatic rings. The average Bonchev–Trinajstić information content (AvgIpc) is 2.18.